The van der Waals surface area contributed by atoms with Crippen molar-refractivity contribution in [3.05, 3.63) is 0 Å². The summed E-state index contributed by atoms with van der Waals surface area (Å²) in [6, 6.07) is 0.291. The van der Waals surface area contributed by atoms with E-state index in [2.05, 4.69) is 11.6 Å². The van der Waals surface area contributed by atoms with Crippen LogP contribution in [0.4, 0.5) is 4.79 Å². The highest BCUT2D eigenvalue weighted by atomic mass is 32.2. The van der Waals surface area contributed by atoms with Gasteiger partial charge in [0.25, 0.3) is 0 Å². The maximum Gasteiger partial charge on any atom is 0.410 e. The number of rotatable bonds is 10. The number of nitrogens with zero attached hydrogens (tertiary/aromatic N) is 1. The van der Waals surface area contributed by atoms with Crippen LogP contribution in [0.2, 0.25) is 0 Å². The fraction of sp³-hybridized carbons (Fsp3) is 0.952. The highest BCUT2D eigenvalue weighted by molar-refractivity contribution is 7.84. The second-order valence-corrected chi connectivity index (χ2v) is 11.7. The summed E-state index contributed by atoms with van der Waals surface area (Å²) in [5, 5.41) is 0. The highest BCUT2D eigenvalue weighted by Crippen LogP contribution is 2.18. The molecule has 1 aliphatic heterocycles. The third-order valence-corrected chi connectivity index (χ3v) is 6.22. The van der Waals surface area contributed by atoms with Crippen molar-refractivity contribution in [1.29, 1.82) is 0 Å². The third-order valence-electron chi connectivity index (χ3n) is 4.56. The van der Waals surface area contributed by atoms with Gasteiger partial charge in [-0.3, -0.25) is 0 Å². The van der Waals surface area contributed by atoms with Gasteiger partial charge in [-0.25, -0.2) is 13.7 Å². The van der Waals surface area contributed by atoms with Crippen LogP contribution in [0.15, 0.2) is 0 Å². The summed E-state index contributed by atoms with van der Waals surface area (Å²) in [4.78, 5) is 13.8. The van der Waals surface area contributed by atoms with Gasteiger partial charge in [-0.15, -0.1) is 0 Å². The quantitative estimate of drug-likeness (QED) is 0.534. The van der Waals surface area contributed by atoms with Crippen molar-refractivity contribution in [2.24, 2.45) is 0 Å². The van der Waals surface area contributed by atoms with E-state index >= 15 is 0 Å². The van der Waals surface area contributed by atoms with Crippen molar-refractivity contribution < 1.29 is 18.5 Å². The Hall–Kier alpha value is -0.660. The normalized spacial score (nSPS) is 20.2. The molecule has 7 heteroatoms. The number of unbranched alkanes of at least 4 members (excludes halogenated alkanes) is 1. The van der Waals surface area contributed by atoms with Gasteiger partial charge < -0.3 is 14.4 Å². The standard InChI is InChI=1S/C21H42N2O4S/c1-8-11-17(22-28(25)21(5,6)7)12-9-10-15-26-18-13-14-23(16-18)19(24)27-20(2,3)4/h17-18,22H,8-16H2,1-7H3/t17?,18-,28-/m1/s1. The second kappa shape index (κ2) is 11.5. The minimum absolute atomic E-state index is 0.102. The first-order chi connectivity index (χ1) is 12.9. The summed E-state index contributed by atoms with van der Waals surface area (Å²) in [7, 11) is -1.02. The van der Waals surface area contributed by atoms with Crippen molar-refractivity contribution in [3.8, 4) is 0 Å². The van der Waals surface area contributed by atoms with E-state index in [1.807, 2.05) is 41.5 Å². The Bertz CT molecular complexity index is 500. The van der Waals surface area contributed by atoms with Crippen molar-refractivity contribution in [2.45, 2.75) is 109 Å². The smallest absolute Gasteiger partial charge is 0.410 e. The first-order valence-electron chi connectivity index (χ1n) is 10.7. The molecule has 0 saturated carbocycles. The van der Waals surface area contributed by atoms with Gasteiger partial charge in [0.1, 0.15) is 5.60 Å². The molecule has 1 saturated heterocycles. The number of hydrogen-bond acceptors (Lipinski definition) is 4. The summed E-state index contributed by atoms with van der Waals surface area (Å²) in [6.45, 7) is 15.8. The number of carbonyl (C=O) groups excluding carboxylic acids is 1. The van der Waals surface area contributed by atoms with Gasteiger partial charge in [-0.2, -0.15) is 0 Å². The fourth-order valence-electron chi connectivity index (χ4n) is 3.04. The third kappa shape index (κ3) is 10.2. The lowest BCUT2D eigenvalue weighted by molar-refractivity contribution is 0.0206. The zero-order valence-electron chi connectivity index (χ0n) is 19.0. The molecule has 0 aromatic heterocycles. The van der Waals surface area contributed by atoms with Crippen LogP contribution in [-0.2, 0) is 20.5 Å². The Balaban J connectivity index is 2.24. The lowest BCUT2D eigenvalue weighted by Crippen LogP contribution is -2.39. The van der Waals surface area contributed by atoms with Crippen molar-refractivity contribution in [2.75, 3.05) is 19.7 Å². The first kappa shape index (κ1) is 25.4. The number of ether oxygens (including phenoxy) is 2. The summed E-state index contributed by atoms with van der Waals surface area (Å²) in [5.41, 5.74) is -0.463. The average molecular weight is 419 g/mol. The summed E-state index contributed by atoms with van der Waals surface area (Å²) < 4.78 is 26.8. The molecule has 1 unspecified atom stereocenters. The Kier molecular flexibility index (Phi) is 10.4. The maximum atomic E-state index is 12.3. The second-order valence-electron chi connectivity index (χ2n) is 9.69. The molecule has 0 aromatic rings. The van der Waals surface area contributed by atoms with Crippen LogP contribution in [0.1, 0.15) is 87.0 Å². The Morgan fingerprint density at radius 1 is 1.18 bits per heavy atom. The Labute approximate surface area is 174 Å². The molecule has 0 radical (unpaired) electrons. The van der Waals surface area contributed by atoms with E-state index in [0.29, 0.717) is 25.7 Å². The van der Waals surface area contributed by atoms with Crippen LogP contribution >= 0.6 is 0 Å². The summed E-state index contributed by atoms with van der Waals surface area (Å²) >= 11 is 0. The molecule has 28 heavy (non-hydrogen) atoms. The zero-order chi connectivity index (χ0) is 21.4. The van der Waals surface area contributed by atoms with E-state index < -0.39 is 16.6 Å². The van der Waals surface area contributed by atoms with Crippen LogP contribution in [0, 0.1) is 0 Å². The highest BCUT2D eigenvalue weighted by Gasteiger charge is 2.30. The first-order valence-corrected chi connectivity index (χ1v) is 11.8. The zero-order valence-corrected chi connectivity index (χ0v) is 19.8. The lowest BCUT2D eigenvalue weighted by atomic mass is 10.1. The molecule has 3 atom stereocenters. The minimum atomic E-state index is -1.02. The molecular weight excluding hydrogens is 376 g/mol. The van der Waals surface area contributed by atoms with E-state index in [1.54, 1.807) is 4.90 Å². The van der Waals surface area contributed by atoms with Crippen molar-refractivity contribution >= 4 is 17.1 Å². The minimum Gasteiger partial charge on any atom is -0.444 e. The predicted octanol–water partition coefficient (Wildman–Crippen LogP) is 4.40. The molecule has 0 aliphatic carbocycles. The molecule has 166 valence electrons. The van der Waals surface area contributed by atoms with Gasteiger partial charge >= 0.3 is 6.09 Å². The van der Waals surface area contributed by atoms with Crippen LogP contribution in [0.5, 0.6) is 0 Å². The summed E-state index contributed by atoms with van der Waals surface area (Å²) in [6.07, 6.45) is 5.87. The van der Waals surface area contributed by atoms with Gasteiger partial charge in [-0.1, -0.05) is 13.3 Å². The molecule has 1 aliphatic rings. The molecule has 1 N–H and O–H groups in total. The number of likely N-dealkylation sites (tertiary alicyclic amines) is 1. The van der Waals surface area contributed by atoms with Crippen LogP contribution in [0.3, 0.4) is 0 Å². The Morgan fingerprint density at radius 2 is 1.86 bits per heavy atom. The topological polar surface area (TPSA) is 67.9 Å². The SMILES string of the molecule is CCCC(CCCCO[C@@H]1CCN(C(=O)OC(C)(C)C)C1)N[S@](=O)C(C)(C)C. The van der Waals surface area contributed by atoms with Crippen LogP contribution < -0.4 is 4.72 Å². The van der Waals surface area contributed by atoms with Crippen LogP contribution in [0.25, 0.3) is 0 Å². The number of nitrogens with one attached hydrogen (secondary N) is 1. The maximum absolute atomic E-state index is 12.3. The molecule has 0 bridgehead atoms. The van der Waals surface area contributed by atoms with E-state index in [1.165, 1.54) is 0 Å². The van der Waals surface area contributed by atoms with E-state index in [9.17, 15) is 9.00 Å². The number of carbonyl (C=O) groups is 1. The molecule has 1 heterocycles. The Morgan fingerprint density at radius 3 is 2.43 bits per heavy atom. The number of amides is 1. The molecule has 6 nitrogen and oxygen atoms in total. The number of hydrogen-bond donors (Lipinski definition) is 1. The van der Waals surface area contributed by atoms with E-state index in [0.717, 1.165) is 38.5 Å². The van der Waals surface area contributed by atoms with Crippen molar-refractivity contribution in [3.63, 3.8) is 0 Å². The molecule has 0 spiro atoms. The predicted molar refractivity (Wildman–Crippen MR) is 116 cm³/mol. The average Bonchev–Trinajstić information content (AvgIpc) is 3.01. The van der Waals surface area contributed by atoms with Gasteiger partial charge in [0, 0.05) is 19.2 Å². The molecule has 1 fully saturated rings. The largest absolute Gasteiger partial charge is 0.444 e. The van der Waals surface area contributed by atoms with E-state index in [-0.39, 0.29) is 16.9 Å². The van der Waals surface area contributed by atoms with Crippen LogP contribution in [-0.4, -0.2) is 57.4 Å². The molecule has 1 amide bonds. The van der Waals surface area contributed by atoms with Crippen molar-refractivity contribution in [1.82, 2.24) is 9.62 Å². The van der Waals surface area contributed by atoms with Gasteiger partial charge in [0.15, 0.2) is 0 Å². The lowest BCUT2D eigenvalue weighted by Gasteiger charge is -2.24. The van der Waals surface area contributed by atoms with E-state index in [4.69, 9.17) is 9.47 Å². The van der Waals surface area contributed by atoms with Gasteiger partial charge in [-0.05, 0) is 73.6 Å². The molecule has 1 rings (SSSR count). The monoisotopic (exact) mass is 418 g/mol. The van der Waals surface area contributed by atoms with Gasteiger partial charge in [0.2, 0.25) is 0 Å². The summed E-state index contributed by atoms with van der Waals surface area (Å²) in [5.74, 6) is 0. The molecular formula is C21H42N2O4S. The van der Waals surface area contributed by atoms with Gasteiger partial charge in [0.05, 0.1) is 28.4 Å². The fourth-order valence-corrected chi connectivity index (χ4v) is 3.93. The molecule has 0 aromatic carbocycles.